The van der Waals surface area contributed by atoms with Gasteiger partial charge in [0.05, 0.1) is 5.56 Å². The summed E-state index contributed by atoms with van der Waals surface area (Å²) in [5.41, 5.74) is 1.81. The molecule has 2 heterocycles. The van der Waals surface area contributed by atoms with Gasteiger partial charge < -0.3 is 5.32 Å². The molecule has 0 unspecified atom stereocenters. The van der Waals surface area contributed by atoms with Gasteiger partial charge in [0, 0.05) is 25.1 Å². The molecule has 0 aliphatic carbocycles. The lowest BCUT2D eigenvalue weighted by Gasteiger charge is -2.05. The fourth-order valence-corrected chi connectivity index (χ4v) is 1.45. The van der Waals surface area contributed by atoms with Crippen LogP contribution in [0.25, 0.3) is 0 Å². The third kappa shape index (κ3) is 3.28. The van der Waals surface area contributed by atoms with Crippen LogP contribution in [0.1, 0.15) is 11.1 Å². The summed E-state index contributed by atoms with van der Waals surface area (Å²) < 4.78 is 0. The highest BCUT2D eigenvalue weighted by Gasteiger charge is 1.95. The van der Waals surface area contributed by atoms with Gasteiger partial charge in [0.2, 0.25) is 0 Å². The number of anilines is 1. The fraction of sp³-hybridized carbons (Fsp3) is 0.154. The number of aromatic nitrogens is 2. The molecule has 0 aliphatic heterocycles. The summed E-state index contributed by atoms with van der Waals surface area (Å²) in [6, 6.07) is 9.59. The highest BCUT2D eigenvalue weighted by molar-refractivity contribution is 5.39. The summed E-state index contributed by atoms with van der Waals surface area (Å²) in [6.45, 7) is 0.808. The number of rotatable bonds is 4. The van der Waals surface area contributed by atoms with Gasteiger partial charge >= 0.3 is 0 Å². The number of hydrogen-bond donors (Lipinski definition) is 1. The Morgan fingerprint density at radius 1 is 1.18 bits per heavy atom. The van der Waals surface area contributed by atoms with E-state index in [1.165, 1.54) is 5.56 Å². The molecule has 17 heavy (non-hydrogen) atoms. The zero-order valence-electron chi connectivity index (χ0n) is 9.30. The zero-order valence-corrected chi connectivity index (χ0v) is 9.30. The van der Waals surface area contributed by atoms with Crippen molar-refractivity contribution in [1.29, 1.82) is 5.26 Å². The molecule has 0 amide bonds. The molecule has 0 saturated heterocycles. The highest BCUT2D eigenvalue weighted by atomic mass is 15.0. The average molecular weight is 224 g/mol. The molecule has 4 heteroatoms. The summed E-state index contributed by atoms with van der Waals surface area (Å²) in [5.74, 6) is 0.790. The van der Waals surface area contributed by atoms with Gasteiger partial charge in [-0.2, -0.15) is 5.26 Å². The Morgan fingerprint density at radius 2 is 2.00 bits per heavy atom. The second-order valence-electron chi connectivity index (χ2n) is 3.58. The first-order valence-electron chi connectivity index (χ1n) is 5.37. The van der Waals surface area contributed by atoms with Gasteiger partial charge in [-0.05, 0) is 36.2 Å². The van der Waals surface area contributed by atoms with Gasteiger partial charge in [0.15, 0.2) is 0 Å². The van der Waals surface area contributed by atoms with E-state index in [-0.39, 0.29) is 0 Å². The topological polar surface area (TPSA) is 61.6 Å². The molecule has 1 N–H and O–H groups in total. The average Bonchev–Trinajstić information content (AvgIpc) is 2.41. The monoisotopic (exact) mass is 224 g/mol. The number of nitrogens with zero attached hydrogens (tertiary/aromatic N) is 3. The SMILES string of the molecule is N#Cc1ccc(NCCc2ccncc2)nc1. The maximum atomic E-state index is 8.64. The number of nitriles is 1. The van der Waals surface area contributed by atoms with E-state index in [0.717, 1.165) is 18.8 Å². The minimum absolute atomic E-state index is 0.574. The van der Waals surface area contributed by atoms with Crippen molar-refractivity contribution in [2.75, 3.05) is 11.9 Å². The third-order valence-electron chi connectivity index (χ3n) is 2.36. The molecule has 0 radical (unpaired) electrons. The van der Waals surface area contributed by atoms with Crippen molar-refractivity contribution in [2.45, 2.75) is 6.42 Å². The Morgan fingerprint density at radius 3 is 2.65 bits per heavy atom. The molecular weight excluding hydrogens is 212 g/mol. The first-order valence-corrected chi connectivity index (χ1v) is 5.37. The maximum absolute atomic E-state index is 8.64. The fourth-order valence-electron chi connectivity index (χ4n) is 1.45. The number of pyridine rings is 2. The molecule has 0 aliphatic rings. The second kappa shape index (κ2) is 5.61. The quantitative estimate of drug-likeness (QED) is 0.862. The Bertz CT molecular complexity index is 499. The van der Waals surface area contributed by atoms with Crippen molar-refractivity contribution in [3.8, 4) is 6.07 Å². The minimum atomic E-state index is 0.574. The molecule has 0 fully saturated rings. The van der Waals surface area contributed by atoms with E-state index in [2.05, 4.69) is 15.3 Å². The van der Waals surface area contributed by atoms with Crippen LogP contribution in [0.15, 0.2) is 42.9 Å². The van der Waals surface area contributed by atoms with Crippen LogP contribution in [0.3, 0.4) is 0 Å². The largest absolute Gasteiger partial charge is 0.370 e. The summed E-state index contributed by atoms with van der Waals surface area (Å²) in [7, 11) is 0. The van der Waals surface area contributed by atoms with Crippen LogP contribution in [-0.4, -0.2) is 16.5 Å². The van der Waals surface area contributed by atoms with Crippen LogP contribution in [0, 0.1) is 11.3 Å². The Hall–Kier alpha value is -2.41. The molecule has 0 saturated carbocycles. The lowest BCUT2D eigenvalue weighted by molar-refractivity contribution is 1.000. The van der Waals surface area contributed by atoms with Crippen molar-refractivity contribution < 1.29 is 0 Å². The van der Waals surface area contributed by atoms with Crippen LogP contribution < -0.4 is 5.32 Å². The van der Waals surface area contributed by atoms with E-state index in [1.54, 1.807) is 24.7 Å². The van der Waals surface area contributed by atoms with Crippen LogP contribution in [0.4, 0.5) is 5.82 Å². The Labute approximate surface area is 100.0 Å². The molecule has 0 aromatic carbocycles. The molecule has 2 aromatic heterocycles. The van der Waals surface area contributed by atoms with Gasteiger partial charge in [-0.15, -0.1) is 0 Å². The predicted molar refractivity (Wildman–Crippen MR) is 65.4 cm³/mol. The maximum Gasteiger partial charge on any atom is 0.125 e. The third-order valence-corrected chi connectivity index (χ3v) is 2.36. The predicted octanol–water partition coefficient (Wildman–Crippen LogP) is 2.00. The van der Waals surface area contributed by atoms with Crippen molar-refractivity contribution >= 4 is 5.82 Å². The lowest BCUT2D eigenvalue weighted by Crippen LogP contribution is -2.06. The number of nitrogens with one attached hydrogen (secondary N) is 1. The van der Waals surface area contributed by atoms with E-state index in [1.807, 2.05) is 24.3 Å². The summed E-state index contributed by atoms with van der Waals surface area (Å²) in [5, 5.41) is 11.8. The zero-order chi connectivity index (χ0) is 11.9. The van der Waals surface area contributed by atoms with Crippen LogP contribution >= 0.6 is 0 Å². The number of hydrogen-bond acceptors (Lipinski definition) is 4. The summed E-state index contributed by atoms with van der Waals surface area (Å²) in [4.78, 5) is 8.10. The van der Waals surface area contributed by atoms with Crippen LogP contribution in [0.5, 0.6) is 0 Å². The van der Waals surface area contributed by atoms with E-state index in [9.17, 15) is 0 Å². The van der Waals surface area contributed by atoms with E-state index < -0.39 is 0 Å². The minimum Gasteiger partial charge on any atom is -0.370 e. The normalized spacial score (nSPS) is 9.59. The van der Waals surface area contributed by atoms with E-state index in [0.29, 0.717) is 5.56 Å². The summed E-state index contributed by atoms with van der Waals surface area (Å²) >= 11 is 0. The lowest BCUT2D eigenvalue weighted by atomic mass is 10.2. The molecule has 0 bridgehead atoms. The first-order chi connectivity index (χ1) is 8.38. The van der Waals surface area contributed by atoms with Crippen molar-refractivity contribution in [3.63, 3.8) is 0 Å². The molecule has 4 nitrogen and oxygen atoms in total. The second-order valence-corrected chi connectivity index (χ2v) is 3.58. The van der Waals surface area contributed by atoms with E-state index in [4.69, 9.17) is 5.26 Å². The van der Waals surface area contributed by atoms with Crippen LogP contribution in [-0.2, 0) is 6.42 Å². The van der Waals surface area contributed by atoms with Crippen molar-refractivity contribution in [3.05, 3.63) is 54.0 Å². The van der Waals surface area contributed by atoms with Crippen molar-refractivity contribution in [2.24, 2.45) is 0 Å². The molecule has 2 rings (SSSR count). The Kier molecular flexibility index (Phi) is 3.66. The van der Waals surface area contributed by atoms with Gasteiger partial charge in [-0.3, -0.25) is 4.98 Å². The molecular formula is C13H12N4. The molecule has 2 aromatic rings. The standard InChI is InChI=1S/C13H12N4/c14-9-12-1-2-13(17-10-12)16-8-5-11-3-6-15-7-4-11/h1-4,6-7,10H,5,8H2,(H,16,17). The first kappa shape index (κ1) is 11.1. The van der Waals surface area contributed by atoms with Crippen molar-refractivity contribution in [1.82, 2.24) is 9.97 Å². The molecule has 0 atom stereocenters. The highest BCUT2D eigenvalue weighted by Crippen LogP contribution is 2.04. The molecule has 0 spiro atoms. The van der Waals surface area contributed by atoms with Gasteiger partial charge in [-0.1, -0.05) is 0 Å². The molecule has 84 valence electrons. The van der Waals surface area contributed by atoms with Gasteiger partial charge in [0.25, 0.3) is 0 Å². The van der Waals surface area contributed by atoms with Gasteiger partial charge in [0.1, 0.15) is 11.9 Å². The van der Waals surface area contributed by atoms with E-state index >= 15 is 0 Å². The Balaban J connectivity index is 1.84. The summed E-state index contributed by atoms with van der Waals surface area (Å²) in [6.07, 6.45) is 6.06. The van der Waals surface area contributed by atoms with Gasteiger partial charge in [-0.25, -0.2) is 4.98 Å². The van der Waals surface area contributed by atoms with Crippen LogP contribution in [0.2, 0.25) is 0 Å². The smallest absolute Gasteiger partial charge is 0.125 e.